The number of rotatable bonds is 9. The van der Waals surface area contributed by atoms with E-state index in [0.717, 1.165) is 18.8 Å². The Morgan fingerprint density at radius 2 is 2.13 bits per heavy atom. The van der Waals surface area contributed by atoms with Gasteiger partial charge in [-0.2, -0.15) is 5.10 Å². The Balaban J connectivity index is 0. The fraction of sp³-hybridized carbons (Fsp3) is 0.579. The maximum absolute atomic E-state index is 8.17. The third kappa shape index (κ3) is 9.60. The van der Waals surface area contributed by atoms with Crippen LogP contribution in [0.3, 0.4) is 0 Å². The van der Waals surface area contributed by atoms with Gasteiger partial charge in [0.05, 0.1) is 17.8 Å². The van der Waals surface area contributed by atoms with E-state index in [4.69, 9.17) is 15.6 Å². The van der Waals surface area contributed by atoms with Crippen molar-refractivity contribution >= 4 is 45.8 Å². The summed E-state index contributed by atoms with van der Waals surface area (Å²) in [5.41, 5.74) is 8.89. The minimum atomic E-state index is 0. The van der Waals surface area contributed by atoms with Crippen molar-refractivity contribution < 1.29 is 38.4 Å². The zero-order valence-electron chi connectivity index (χ0n) is 17.9. The van der Waals surface area contributed by atoms with Crippen molar-refractivity contribution in [1.82, 2.24) is 10.3 Å². The molecule has 0 aromatic carbocycles. The van der Waals surface area contributed by atoms with E-state index in [2.05, 4.69) is 32.3 Å². The molecule has 0 amide bonds. The molecular weight excluding hydrogens is 644 g/mol. The summed E-state index contributed by atoms with van der Waals surface area (Å²) in [6.45, 7) is 9.36. The van der Waals surface area contributed by atoms with Crippen LogP contribution in [-0.4, -0.2) is 57.9 Å². The Morgan fingerprint density at radius 3 is 2.80 bits per heavy atom. The molecule has 1 fully saturated rings. The molecule has 0 aliphatic carbocycles. The number of hydrogen-bond acceptors (Lipinski definition) is 8. The first-order valence-corrected chi connectivity index (χ1v) is 11.8. The van der Waals surface area contributed by atoms with Crippen LogP contribution in [0, 0.1) is 36.5 Å². The van der Waals surface area contributed by atoms with Gasteiger partial charge in [0.2, 0.25) is 0 Å². The smallest absolute Gasteiger partial charge is 0.177 e. The Hall–Kier alpha value is -0.728. The Bertz CT molecular complexity index is 762. The summed E-state index contributed by atoms with van der Waals surface area (Å²) in [4.78, 5) is 10.9. The molecule has 0 radical (unpaired) electrons. The van der Waals surface area contributed by atoms with E-state index in [1.807, 2.05) is 26.0 Å². The van der Waals surface area contributed by atoms with E-state index in [1.165, 1.54) is 42.6 Å². The number of amidine groups is 2. The van der Waals surface area contributed by atoms with Crippen LogP contribution in [0.1, 0.15) is 48.0 Å². The average molecular weight is 680 g/mol. The van der Waals surface area contributed by atoms with Crippen molar-refractivity contribution in [2.24, 2.45) is 20.8 Å². The first-order chi connectivity index (χ1) is 14.0. The summed E-state index contributed by atoms with van der Waals surface area (Å²) in [6, 6.07) is 4.35. The third-order valence-electron chi connectivity index (χ3n) is 4.35. The molecule has 1 aromatic heterocycles. The van der Waals surface area contributed by atoms with E-state index in [0.29, 0.717) is 40.3 Å². The van der Waals surface area contributed by atoms with Gasteiger partial charge in [0, 0.05) is 53.1 Å². The standard InChI is InChI=1S/C19H31N7OS2.U.2H2/c1-4-22-18(21)28-13-29-19(23-5-2)25-24-11-16(20)17-9-8-15(27-17)12-26-10-6-7-14(26)3;;;/h8-9,11,14,20H,4-7,10,12-13H2,1-3H3,(H2,21,22)(H,23,25);;2*1H/b20-16?,24-11+;;;. The SMILES string of the molecule is CCN=C(N)SCSC(=NCC)N/N=C/C(=N)c1ccc(CN2CCCC2C)o1.[HH].[HH].[U]. The molecule has 0 saturated carbocycles. The molecule has 30 heavy (non-hydrogen) atoms. The van der Waals surface area contributed by atoms with Crippen molar-refractivity contribution in [2.45, 2.75) is 46.2 Å². The molecular formula is C19H35N7OS2U. The van der Waals surface area contributed by atoms with Gasteiger partial charge in [0.15, 0.2) is 16.1 Å². The largest absolute Gasteiger partial charge is 0.458 e. The second-order valence-electron chi connectivity index (χ2n) is 6.51. The topological polar surface area (TPSA) is 115 Å². The number of nitrogens with zero attached hydrogens (tertiary/aromatic N) is 4. The first kappa shape index (κ1) is 27.3. The summed E-state index contributed by atoms with van der Waals surface area (Å²) < 4.78 is 5.82. The summed E-state index contributed by atoms with van der Waals surface area (Å²) in [7, 11) is 0. The summed E-state index contributed by atoms with van der Waals surface area (Å²) in [6.07, 6.45) is 3.91. The van der Waals surface area contributed by atoms with Crippen molar-refractivity contribution in [1.29, 1.82) is 5.41 Å². The van der Waals surface area contributed by atoms with Crippen molar-refractivity contribution in [3.8, 4) is 0 Å². The van der Waals surface area contributed by atoms with Crippen LogP contribution in [0.5, 0.6) is 0 Å². The number of hydrogen-bond donors (Lipinski definition) is 3. The van der Waals surface area contributed by atoms with Gasteiger partial charge in [-0.25, -0.2) is 0 Å². The van der Waals surface area contributed by atoms with E-state index in [-0.39, 0.29) is 39.7 Å². The zero-order chi connectivity index (χ0) is 21.1. The number of furan rings is 1. The molecule has 0 spiro atoms. The fourth-order valence-corrected chi connectivity index (χ4v) is 4.58. The van der Waals surface area contributed by atoms with E-state index in [1.54, 1.807) is 0 Å². The van der Waals surface area contributed by atoms with Crippen molar-refractivity contribution in [3.63, 3.8) is 0 Å². The van der Waals surface area contributed by atoms with Gasteiger partial charge in [-0.1, -0.05) is 23.5 Å². The summed E-state index contributed by atoms with van der Waals surface area (Å²) in [5.74, 6) is 1.39. The second kappa shape index (κ2) is 15.1. The van der Waals surface area contributed by atoms with Crippen LogP contribution in [0.15, 0.2) is 31.6 Å². The van der Waals surface area contributed by atoms with E-state index >= 15 is 0 Å². The normalized spacial score (nSPS) is 18.0. The number of thioether (sulfide) groups is 2. The van der Waals surface area contributed by atoms with E-state index in [9.17, 15) is 0 Å². The monoisotopic (exact) mass is 679 g/mol. The van der Waals surface area contributed by atoms with E-state index < -0.39 is 0 Å². The van der Waals surface area contributed by atoms with Gasteiger partial charge in [-0.3, -0.25) is 25.7 Å². The predicted molar refractivity (Wildman–Crippen MR) is 131 cm³/mol. The minimum absolute atomic E-state index is 0. The van der Waals surface area contributed by atoms with Crippen LogP contribution in [0.2, 0.25) is 0 Å². The molecule has 2 rings (SSSR count). The van der Waals surface area contributed by atoms with Crippen molar-refractivity contribution in [3.05, 3.63) is 23.7 Å². The zero-order valence-corrected chi connectivity index (χ0v) is 23.6. The Morgan fingerprint density at radius 1 is 1.37 bits per heavy atom. The molecule has 1 aliphatic heterocycles. The van der Waals surface area contributed by atoms with Gasteiger partial charge < -0.3 is 10.2 Å². The molecule has 2 heterocycles. The molecule has 1 unspecified atom stereocenters. The maximum Gasteiger partial charge on any atom is 0.177 e. The van der Waals surface area contributed by atoms with Gasteiger partial charge in [-0.05, 0) is 52.3 Å². The molecule has 1 aromatic rings. The summed E-state index contributed by atoms with van der Waals surface area (Å²) >= 11 is 2.96. The molecule has 1 saturated heterocycles. The van der Waals surface area contributed by atoms with Crippen LogP contribution in [0.4, 0.5) is 0 Å². The van der Waals surface area contributed by atoms with Crippen LogP contribution in [0.25, 0.3) is 0 Å². The first-order valence-electron chi connectivity index (χ1n) is 9.84. The van der Waals surface area contributed by atoms with Gasteiger partial charge in [0.25, 0.3) is 0 Å². The average Bonchev–Trinajstić information content (AvgIpc) is 3.32. The Kier molecular flexibility index (Phi) is 13.8. The summed E-state index contributed by atoms with van der Waals surface area (Å²) in [5, 5.41) is 14.2. The third-order valence-corrected chi connectivity index (χ3v) is 6.21. The van der Waals surface area contributed by atoms with Gasteiger partial charge in [0.1, 0.15) is 11.5 Å². The van der Waals surface area contributed by atoms with Gasteiger partial charge in [-0.15, -0.1) is 0 Å². The molecule has 11 heteroatoms. The quantitative estimate of drug-likeness (QED) is 0.158. The van der Waals surface area contributed by atoms with Crippen LogP contribution in [-0.2, 0) is 6.54 Å². The van der Waals surface area contributed by atoms with Crippen molar-refractivity contribution in [2.75, 3.05) is 24.7 Å². The molecule has 8 nitrogen and oxygen atoms in total. The number of likely N-dealkylation sites (tertiary alicyclic amines) is 1. The van der Waals surface area contributed by atoms with Crippen LogP contribution >= 0.6 is 23.5 Å². The molecule has 0 bridgehead atoms. The number of nitrogens with one attached hydrogen (secondary N) is 2. The Labute approximate surface area is 214 Å². The molecule has 168 valence electrons. The fourth-order valence-electron chi connectivity index (χ4n) is 2.86. The molecule has 1 atom stereocenters. The predicted octanol–water partition coefficient (Wildman–Crippen LogP) is 3.83. The van der Waals surface area contributed by atoms with Gasteiger partial charge >= 0.3 is 0 Å². The maximum atomic E-state index is 8.17. The number of hydrazone groups is 1. The molecule has 1 aliphatic rings. The number of nitrogens with two attached hydrogens (primary N) is 1. The minimum Gasteiger partial charge on any atom is -0.458 e. The van der Waals surface area contributed by atoms with Crippen LogP contribution < -0.4 is 11.2 Å². The second-order valence-corrected chi connectivity index (χ2v) is 8.84. The number of aliphatic imine (C=N–C) groups is 2. The molecule has 4 N–H and O–H groups in total.